The van der Waals surface area contributed by atoms with Gasteiger partial charge in [-0.25, -0.2) is 0 Å². The topological polar surface area (TPSA) is 49.8 Å². The van der Waals surface area contributed by atoms with Gasteiger partial charge in [-0.1, -0.05) is 38.0 Å². The predicted octanol–water partition coefficient (Wildman–Crippen LogP) is 6.15. The number of fused-ring (bicyclic) bond motifs is 3. The van der Waals surface area contributed by atoms with Crippen LogP contribution < -0.4 is 4.74 Å². The molecule has 0 spiro atoms. The lowest BCUT2D eigenvalue weighted by atomic mass is 9.66. The highest BCUT2D eigenvalue weighted by Gasteiger charge is 2.46. The molecule has 33 heavy (non-hydrogen) atoms. The van der Waals surface area contributed by atoms with Gasteiger partial charge in [-0.05, 0) is 86.3 Å². The lowest BCUT2D eigenvalue weighted by Gasteiger charge is -2.36. The Balaban J connectivity index is 0.00000306. The number of ketones is 1. The number of allylic oxidation sites excluding steroid dienone is 2. The number of phenols is 1. The molecule has 2 aliphatic rings. The van der Waals surface area contributed by atoms with Gasteiger partial charge in [0.25, 0.3) is 0 Å². The molecular formula is C28H36ClNO3. The van der Waals surface area contributed by atoms with Crippen molar-refractivity contribution in [2.24, 2.45) is 5.41 Å². The fourth-order valence-corrected chi connectivity index (χ4v) is 5.39. The molecule has 2 aliphatic carbocycles. The van der Waals surface area contributed by atoms with Crippen LogP contribution in [0.1, 0.15) is 62.1 Å². The molecule has 0 amide bonds. The van der Waals surface area contributed by atoms with E-state index in [4.69, 9.17) is 4.74 Å². The van der Waals surface area contributed by atoms with Gasteiger partial charge in [0.2, 0.25) is 0 Å². The summed E-state index contributed by atoms with van der Waals surface area (Å²) in [4.78, 5) is 15.4. The maximum Gasteiger partial charge on any atom is 0.163 e. The Morgan fingerprint density at radius 3 is 2.55 bits per heavy atom. The number of unbranched alkanes of at least 4 members (excludes halogenated alkanes) is 1. The zero-order valence-corrected chi connectivity index (χ0v) is 20.8. The van der Waals surface area contributed by atoms with Crippen LogP contribution in [0.5, 0.6) is 11.5 Å². The molecule has 1 atom stereocenters. The summed E-state index contributed by atoms with van der Waals surface area (Å²) in [6, 6.07) is 13.7. The first kappa shape index (κ1) is 25.3. The van der Waals surface area contributed by atoms with E-state index < -0.39 is 0 Å². The maximum absolute atomic E-state index is 13.2. The second-order valence-corrected chi connectivity index (χ2v) is 9.60. The van der Waals surface area contributed by atoms with Gasteiger partial charge in [0.1, 0.15) is 11.5 Å². The van der Waals surface area contributed by atoms with Crippen LogP contribution in [0, 0.1) is 5.41 Å². The number of carbonyl (C=O) groups is 1. The zero-order chi connectivity index (χ0) is 22.7. The Hall–Kier alpha value is -2.30. The molecule has 2 aromatic carbocycles. The summed E-state index contributed by atoms with van der Waals surface area (Å²) in [5, 5.41) is 10.1. The number of rotatable bonds is 9. The molecule has 178 valence electrons. The van der Waals surface area contributed by atoms with Crippen molar-refractivity contribution < 1.29 is 14.6 Å². The summed E-state index contributed by atoms with van der Waals surface area (Å²) in [5.41, 5.74) is 5.37. The van der Waals surface area contributed by atoms with E-state index in [-0.39, 0.29) is 23.6 Å². The van der Waals surface area contributed by atoms with Gasteiger partial charge in [-0.2, -0.15) is 0 Å². The Labute approximate surface area is 204 Å². The molecule has 0 bridgehead atoms. The normalized spacial score (nSPS) is 19.3. The quantitative estimate of drug-likeness (QED) is 0.447. The maximum atomic E-state index is 13.2. The van der Waals surface area contributed by atoms with Crippen LogP contribution in [0.4, 0.5) is 0 Å². The number of aromatic hydroxyl groups is 1. The minimum Gasteiger partial charge on any atom is -0.508 e. The smallest absolute Gasteiger partial charge is 0.163 e. The molecular weight excluding hydrogens is 434 g/mol. The first-order valence-corrected chi connectivity index (χ1v) is 11.9. The van der Waals surface area contributed by atoms with E-state index in [0.717, 1.165) is 67.5 Å². The second kappa shape index (κ2) is 10.8. The molecule has 4 nitrogen and oxygen atoms in total. The number of ether oxygens (including phenoxy) is 1. The molecule has 2 aromatic rings. The van der Waals surface area contributed by atoms with Gasteiger partial charge >= 0.3 is 0 Å². The van der Waals surface area contributed by atoms with Crippen LogP contribution in [0.2, 0.25) is 0 Å². The SMILES string of the molecule is CCCCC12CCC(=O)C(c3ccc(OCCCN(C)C)cc3)=C1c1ccc(O)cc1C2.Cl. The van der Waals surface area contributed by atoms with Crippen LogP contribution in [0.15, 0.2) is 42.5 Å². The van der Waals surface area contributed by atoms with Gasteiger partial charge < -0.3 is 14.7 Å². The molecule has 0 aromatic heterocycles. The predicted molar refractivity (Wildman–Crippen MR) is 137 cm³/mol. The Morgan fingerprint density at radius 2 is 1.85 bits per heavy atom. The van der Waals surface area contributed by atoms with Crippen molar-refractivity contribution in [2.75, 3.05) is 27.2 Å². The first-order valence-electron chi connectivity index (χ1n) is 11.9. The second-order valence-electron chi connectivity index (χ2n) is 9.60. The fourth-order valence-electron chi connectivity index (χ4n) is 5.39. The van der Waals surface area contributed by atoms with Crippen molar-refractivity contribution in [3.63, 3.8) is 0 Å². The summed E-state index contributed by atoms with van der Waals surface area (Å²) >= 11 is 0. The summed E-state index contributed by atoms with van der Waals surface area (Å²) < 4.78 is 5.90. The summed E-state index contributed by atoms with van der Waals surface area (Å²) in [5.74, 6) is 1.38. The van der Waals surface area contributed by atoms with E-state index in [0.29, 0.717) is 18.8 Å². The highest BCUT2D eigenvalue weighted by atomic mass is 35.5. The van der Waals surface area contributed by atoms with E-state index in [1.54, 1.807) is 6.07 Å². The van der Waals surface area contributed by atoms with Gasteiger partial charge in [0.05, 0.1) is 6.61 Å². The van der Waals surface area contributed by atoms with E-state index in [2.05, 4.69) is 25.9 Å². The fraction of sp³-hybridized carbons (Fsp3) is 0.464. The van der Waals surface area contributed by atoms with Crippen molar-refractivity contribution in [3.8, 4) is 11.5 Å². The van der Waals surface area contributed by atoms with Crippen LogP contribution >= 0.6 is 12.4 Å². The molecule has 5 heteroatoms. The highest BCUT2D eigenvalue weighted by molar-refractivity contribution is 6.30. The Bertz CT molecular complexity index is 1010. The minimum absolute atomic E-state index is 0. The lowest BCUT2D eigenvalue weighted by Crippen LogP contribution is -2.28. The molecule has 0 saturated heterocycles. The molecule has 0 fully saturated rings. The van der Waals surface area contributed by atoms with Gasteiger partial charge in [0.15, 0.2) is 5.78 Å². The van der Waals surface area contributed by atoms with E-state index in [1.165, 1.54) is 11.1 Å². The van der Waals surface area contributed by atoms with Crippen molar-refractivity contribution in [1.82, 2.24) is 4.90 Å². The average Bonchev–Trinajstić information content (AvgIpc) is 3.09. The molecule has 4 rings (SSSR count). The van der Waals surface area contributed by atoms with E-state index in [9.17, 15) is 9.90 Å². The number of halogens is 1. The van der Waals surface area contributed by atoms with Crippen LogP contribution in [0.25, 0.3) is 11.1 Å². The molecule has 0 radical (unpaired) electrons. The summed E-state index contributed by atoms with van der Waals surface area (Å²) in [6.45, 7) is 3.90. The van der Waals surface area contributed by atoms with Gasteiger partial charge in [0, 0.05) is 24.0 Å². The standard InChI is InChI=1S/C28H35NO3.ClH/c1-4-5-14-28-15-13-25(31)26(27(28)24-12-9-22(30)18-21(24)19-28)20-7-10-23(11-8-20)32-17-6-16-29(2)3;/h7-12,18,30H,4-6,13-17,19H2,1-3H3;1H. The zero-order valence-electron chi connectivity index (χ0n) is 20.0. The van der Waals surface area contributed by atoms with Gasteiger partial charge in [-0.15, -0.1) is 12.4 Å². The monoisotopic (exact) mass is 469 g/mol. The highest BCUT2D eigenvalue weighted by Crippen LogP contribution is 2.58. The Kier molecular flexibility index (Phi) is 8.25. The van der Waals surface area contributed by atoms with Crippen LogP contribution in [-0.4, -0.2) is 43.0 Å². The third kappa shape index (κ3) is 5.28. The molecule has 1 N–H and O–H groups in total. The largest absolute Gasteiger partial charge is 0.508 e. The first-order chi connectivity index (χ1) is 15.4. The molecule has 0 aliphatic heterocycles. The third-order valence-electron chi connectivity index (χ3n) is 6.95. The van der Waals surface area contributed by atoms with Crippen LogP contribution in [0.3, 0.4) is 0 Å². The molecule has 1 unspecified atom stereocenters. The van der Waals surface area contributed by atoms with E-state index in [1.807, 2.05) is 36.4 Å². The minimum atomic E-state index is -0.00324. The van der Waals surface area contributed by atoms with Gasteiger partial charge in [-0.3, -0.25) is 4.79 Å². The molecule has 0 saturated carbocycles. The third-order valence-corrected chi connectivity index (χ3v) is 6.95. The van der Waals surface area contributed by atoms with E-state index >= 15 is 0 Å². The lowest BCUT2D eigenvalue weighted by molar-refractivity contribution is -0.114. The Morgan fingerprint density at radius 1 is 1.09 bits per heavy atom. The van der Waals surface area contributed by atoms with Crippen LogP contribution in [-0.2, 0) is 11.2 Å². The molecule has 0 heterocycles. The van der Waals surface area contributed by atoms with Crippen molar-refractivity contribution in [3.05, 3.63) is 59.2 Å². The number of nitrogens with zero attached hydrogens (tertiary/aromatic N) is 1. The van der Waals surface area contributed by atoms with Crippen molar-refractivity contribution >= 4 is 29.3 Å². The number of Topliss-reactive ketones (excluding diaryl/α,β-unsaturated/α-hetero) is 1. The number of carbonyl (C=O) groups excluding carboxylic acids is 1. The number of hydrogen-bond donors (Lipinski definition) is 1. The van der Waals surface area contributed by atoms with Crippen molar-refractivity contribution in [1.29, 1.82) is 0 Å². The average molecular weight is 470 g/mol. The number of phenolic OH excluding ortho intramolecular Hbond substituents is 1. The van der Waals surface area contributed by atoms with Crippen molar-refractivity contribution in [2.45, 2.75) is 51.9 Å². The number of benzene rings is 2. The summed E-state index contributed by atoms with van der Waals surface area (Å²) in [6.07, 6.45) is 6.74. The number of hydrogen-bond acceptors (Lipinski definition) is 4. The summed E-state index contributed by atoms with van der Waals surface area (Å²) in [7, 11) is 4.13.